The lowest BCUT2D eigenvalue weighted by molar-refractivity contribution is 0.164. The lowest BCUT2D eigenvalue weighted by Crippen LogP contribution is -2.45. The molecule has 0 unspecified atom stereocenters. The molecule has 1 N–H and O–H groups in total. The van der Waals surface area contributed by atoms with Gasteiger partial charge in [-0.05, 0) is 40.7 Å². The van der Waals surface area contributed by atoms with Gasteiger partial charge >= 0.3 is 0 Å². The van der Waals surface area contributed by atoms with E-state index in [0.29, 0.717) is 6.04 Å². The van der Waals surface area contributed by atoms with Crippen molar-refractivity contribution in [3.05, 3.63) is 59.2 Å². The third-order valence-corrected chi connectivity index (χ3v) is 5.36. The second kappa shape index (κ2) is 6.46. The average molecular weight is 306 g/mol. The van der Waals surface area contributed by atoms with Gasteiger partial charge in [0.2, 0.25) is 0 Å². The van der Waals surface area contributed by atoms with Crippen molar-refractivity contribution in [3.8, 4) is 11.1 Å². The van der Waals surface area contributed by atoms with E-state index in [-0.39, 0.29) is 0 Å². The van der Waals surface area contributed by atoms with Crippen LogP contribution in [0.15, 0.2) is 42.5 Å². The number of nitrogens with one attached hydrogen (secondary N) is 1. The molecule has 1 heterocycles. The molecule has 120 valence electrons. The van der Waals surface area contributed by atoms with Crippen molar-refractivity contribution in [2.45, 2.75) is 32.2 Å². The Morgan fingerprint density at radius 2 is 1.78 bits per heavy atom. The molecule has 2 aliphatic rings. The van der Waals surface area contributed by atoms with E-state index in [9.17, 15) is 0 Å². The van der Waals surface area contributed by atoms with Crippen molar-refractivity contribution in [1.29, 1.82) is 0 Å². The molecule has 0 bridgehead atoms. The Balaban J connectivity index is 1.65. The molecule has 2 nitrogen and oxygen atoms in total. The lowest BCUT2D eigenvalue weighted by atomic mass is 9.95. The van der Waals surface area contributed by atoms with E-state index < -0.39 is 0 Å². The maximum Gasteiger partial charge on any atom is 0.0349 e. The summed E-state index contributed by atoms with van der Waals surface area (Å²) in [6, 6.07) is 16.7. The van der Waals surface area contributed by atoms with Crippen LogP contribution in [0.2, 0.25) is 0 Å². The van der Waals surface area contributed by atoms with Crippen LogP contribution in [0.1, 0.15) is 42.5 Å². The molecular weight excluding hydrogens is 280 g/mol. The first-order chi connectivity index (χ1) is 11.4. The summed E-state index contributed by atoms with van der Waals surface area (Å²) in [5, 5.41) is 3.48. The summed E-state index contributed by atoms with van der Waals surface area (Å²) < 4.78 is 0. The van der Waals surface area contributed by atoms with Gasteiger partial charge in [0.25, 0.3) is 0 Å². The van der Waals surface area contributed by atoms with E-state index >= 15 is 0 Å². The maximum absolute atomic E-state index is 3.48. The summed E-state index contributed by atoms with van der Waals surface area (Å²) in [5.41, 5.74) is 7.39. The highest BCUT2D eigenvalue weighted by Gasteiger charge is 2.24. The summed E-state index contributed by atoms with van der Waals surface area (Å²) in [4.78, 5) is 2.67. The van der Waals surface area contributed by atoms with Gasteiger partial charge in [0.05, 0.1) is 0 Å². The zero-order valence-corrected chi connectivity index (χ0v) is 14.0. The van der Waals surface area contributed by atoms with Gasteiger partial charge in [0.1, 0.15) is 0 Å². The Morgan fingerprint density at radius 3 is 2.61 bits per heavy atom. The average Bonchev–Trinajstić information content (AvgIpc) is 2.98. The minimum Gasteiger partial charge on any atom is -0.314 e. The topological polar surface area (TPSA) is 15.3 Å². The summed E-state index contributed by atoms with van der Waals surface area (Å²) in [5.74, 6) is 0. The zero-order chi connectivity index (χ0) is 15.6. The van der Waals surface area contributed by atoms with Gasteiger partial charge in [0, 0.05) is 32.2 Å². The summed E-state index contributed by atoms with van der Waals surface area (Å²) in [6.07, 6.45) is 3.59. The predicted molar refractivity (Wildman–Crippen MR) is 96.8 cm³/mol. The normalized spacial score (nSPS) is 18.5. The Morgan fingerprint density at radius 1 is 1.00 bits per heavy atom. The quantitative estimate of drug-likeness (QED) is 0.783. The van der Waals surface area contributed by atoms with Crippen LogP contribution in [0.3, 0.4) is 0 Å². The molecule has 1 aliphatic heterocycles. The molecule has 0 amide bonds. The number of benzene rings is 2. The fourth-order valence-electron chi connectivity index (χ4n) is 4.20. The van der Waals surface area contributed by atoms with E-state index in [1.165, 1.54) is 53.7 Å². The highest BCUT2D eigenvalue weighted by molar-refractivity contribution is 5.77. The van der Waals surface area contributed by atoms with Crippen LogP contribution in [-0.2, 0) is 6.42 Å². The third-order valence-electron chi connectivity index (χ3n) is 5.36. The largest absolute Gasteiger partial charge is 0.314 e. The van der Waals surface area contributed by atoms with Crippen molar-refractivity contribution in [2.24, 2.45) is 0 Å². The van der Waals surface area contributed by atoms with Gasteiger partial charge in [-0.3, -0.25) is 4.90 Å². The van der Waals surface area contributed by atoms with E-state index in [1.54, 1.807) is 0 Å². The van der Waals surface area contributed by atoms with Gasteiger partial charge in [-0.25, -0.2) is 0 Å². The molecule has 1 aliphatic carbocycles. The minimum absolute atomic E-state index is 0.580. The van der Waals surface area contributed by atoms with Crippen LogP contribution in [0.5, 0.6) is 0 Å². The van der Waals surface area contributed by atoms with Crippen LogP contribution < -0.4 is 5.32 Å². The summed E-state index contributed by atoms with van der Waals surface area (Å²) in [7, 11) is 0. The molecule has 0 radical (unpaired) electrons. The Bertz CT molecular complexity index is 686. The highest BCUT2D eigenvalue weighted by atomic mass is 15.2. The van der Waals surface area contributed by atoms with Crippen molar-refractivity contribution in [1.82, 2.24) is 10.2 Å². The molecule has 2 aromatic rings. The second-order valence-electron chi connectivity index (χ2n) is 6.84. The Labute approximate surface area is 139 Å². The minimum atomic E-state index is 0.580. The molecule has 0 aromatic heterocycles. The van der Waals surface area contributed by atoms with Crippen LogP contribution in [-0.4, -0.2) is 31.1 Å². The standard InChI is InChI=1S/C21H26N2/c1-2-5-21(23-12-10-22-11-13-23)17-8-9-20-18(15-17)14-16-6-3-4-7-19(16)20/h3-4,6-9,15,21-22H,2,5,10-14H2,1H3/t21-/m0/s1. The number of fused-ring (bicyclic) bond motifs is 3. The van der Waals surface area contributed by atoms with Crippen molar-refractivity contribution < 1.29 is 0 Å². The monoisotopic (exact) mass is 306 g/mol. The predicted octanol–water partition coefficient (Wildman–Crippen LogP) is 4.00. The third kappa shape index (κ3) is 2.82. The molecule has 2 aromatic carbocycles. The van der Waals surface area contributed by atoms with Gasteiger partial charge < -0.3 is 5.32 Å². The molecule has 1 fully saturated rings. The molecule has 1 saturated heterocycles. The molecule has 0 spiro atoms. The number of nitrogens with zero attached hydrogens (tertiary/aromatic N) is 1. The van der Waals surface area contributed by atoms with E-state index in [4.69, 9.17) is 0 Å². The zero-order valence-electron chi connectivity index (χ0n) is 14.0. The number of rotatable bonds is 4. The van der Waals surface area contributed by atoms with Gasteiger partial charge in [-0.2, -0.15) is 0 Å². The molecule has 0 saturated carbocycles. The number of hydrogen-bond donors (Lipinski definition) is 1. The molecule has 1 atom stereocenters. The Kier molecular flexibility index (Phi) is 4.19. The molecule has 4 rings (SSSR count). The van der Waals surface area contributed by atoms with Crippen molar-refractivity contribution >= 4 is 0 Å². The van der Waals surface area contributed by atoms with Gasteiger partial charge in [-0.15, -0.1) is 0 Å². The summed E-state index contributed by atoms with van der Waals surface area (Å²) in [6.45, 7) is 6.88. The maximum atomic E-state index is 3.48. The number of piperazine rings is 1. The van der Waals surface area contributed by atoms with Crippen LogP contribution in [0, 0.1) is 0 Å². The summed E-state index contributed by atoms with van der Waals surface area (Å²) >= 11 is 0. The SMILES string of the molecule is CCC[C@@H](c1ccc2c(c1)Cc1ccccc1-2)N1CCNCC1. The number of hydrogen-bond acceptors (Lipinski definition) is 2. The lowest BCUT2D eigenvalue weighted by Gasteiger charge is -2.35. The van der Waals surface area contributed by atoms with Crippen LogP contribution >= 0.6 is 0 Å². The van der Waals surface area contributed by atoms with Gasteiger partial charge in [0.15, 0.2) is 0 Å². The molecule has 2 heteroatoms. The van der Waals surface area contributed by atoms with E-state index in [2.05, 4.69) is 59.6 Å². The Hall–Kier alpha value is -1.64. The first-order valence-electron chi connectivity index (χ1n) is 9.02. The van der Waals surface area contributed by atoms with Crippen molar-refractivity contribution in [3.63, 3.8) is 0 Å². The first kappa shape index (κ1) is 14.9. The van der Waals surface area contributed by atoms with E-state index in [1.807, 2.05) is 0 Å². The van der Waals surface area contributed by atoms with Gasteiger partial charge in [-0.1, -0.05) is 55.8 Å². The van der Waals surface area contributed by atoms with Crippen molar-refractivity contribution in [2.75, 3.05) is 26.2 Å². The second-order valence-corrected chi connectivity index (χ2v) is 6.84. The molecule has 23 heavy (non-hydrogen) atoms. The highest BCUT2D eigenvalue weighted by Crippen LogP contribution is 2.38. The van der Waals surface area contributed by atoms with Crippen LogP contribution in [0.4, 0.5) is 0 Å². The fourth-order valence-corrected chi connectivity index (χ4v) is 4.20. The smallest absolute Gasteiger partial charge is 0.0349 e. The van der Waals surface area contributed by atoms with E-state index in [0.717, 1.165) is 19.5 Å². The van der Waals surface area contributed by atoms with Crippen LogP contribution in [0.25, 0.3) is 11.1 Å². The fraction of sp³-hybridized carbons (Fsp3) is 0.429. The molecular formula is C21H26N2. The first-order valence-corrected chi connectivity index (χ1v) is 9.02.